The van der Waals surface area contributed by atoms with Crippen LogP contribution in [0.1, 0.15) is 15.9 Å². The number of alkyl halides is 3. The monoisotopic (exact) mass is 268 g/mol. The van der Waals surface area contributed by atoms with Crippen LogP contribution in [-0.2, 0) is 6.18 Å². The van der Waals surface area contributed by atoms with E-state index < -0.39 is 17.6 Å². The molecule has 2 rings (SSSR count). The molecule has 2 aromatic rings. The van der Waals surface area contributed by atoms with E-state index in [1.807, 2.05) is 0 Å². The second-order valence-electron chi connectivity index (χ2n) is 3.51. The van der Waals surface area contributed by atoms with Crippen LogP contribution in [-0.4, -0.2) is 21.1 Å². The van der Waals surface area contributed by atoms with E-state index in [0.29, 0.717) is 0 Å². The molecule has 2 heterocycles. The number of nitrogens with one attached hydrogen (secondary N) is 1. The molecule has 0 radical (unpaired) electrons. The average molecular weight is 268 g/mol. The topological polar surface area (TPSA) is 67.8 Å². The number of halogens is 3. The molecule has 0 saturated heterocycles. The highest BCUT2D eigenvalue weighted by molar-refractivity contribution is 6.03. The highest BCUT2D eigenvalue weighted by Crippen LogP contribution is 2.29. The van der Waals surface area contributed by atoms with Gasteiger partial charge in [0.2, 0.25) is 0 Å². The average Bonchev–Trinajstić information content (AvgIpc) is 2.39. The molecule has 19 heavy (non-hydrogen) atoms. The number of rotatable bonds is 2. The normalized spacial score (nSPS) is 11.1. The van der Waals surface area contributed by atoms with Crippen LogP contribution in [0.4, 0.5) is 19.0 Å². The van der Waals surface area contributed by atoms with Gasteiger partial charge in [0.05, 0.1) is 23.5 Å². The Morgan fingerprint density at radius 2 is 1.95 bits per heavy atom. The predicted octanol–water partition coefficient (Wildman–Crippen LogP) is 2.14. The fourth-order valence-corrected chi connectivity index (χ4v) is 1.29. The summed E-state index contributed by atoms with van der Waals surface area (Å²) >= 11 is 0. The van der Waals surface area contributed by atoms with Crippen molar-refractivity contribution in [3.63, 3.8) is 0 Å². The maximum absolute atomic E-state index is 12.5. The molecule has 0 spiro atoms. The summed E-state index contributed by atoms with van der Waals surface area (Å²) in [6, 6.07) is 2.96. The molecule has 98 valence electrons. The summed E-state index contributed by atoms with van der Waals surface area (Å²) in [7, 11) is 0. The van der Waals surface area contributed by atoms with Crippen LogP contribution in [0.15, 0.2) is 36.8 Å². The number of hydrogen-bond donors (Lipinski definition) is 1. The van der Waals surface area contributed by atoms with E-state index in [9.17, 15) is 18.0 Å². The maximum Gasteiger partial charge on any atom is 0.416 e. The standard InChI is InChI=1S/C11H7F3N4O/c12-11(13,14)8-2-3-15-9(5-8)18-10(19)7-1-4-16-17-6-7/h1-6H,(H,15,18,19). The zero-order valence-corrected chi connectivity index (χ0v) is 9.35. The lowest BCUT2D eigenvalue weighted by Crippen LogP contribution is -2.14. The van der Waals surface area contributed by atoms with E-state index in [2.05, 4.69) is 20.5 Å². The lowest BCUT2D eigenvalue weighted by atomic mass is 10.2. The molecule has 1 amide bonds. The molecule has 0 aliphatic carbocycles. The first-order valence-electron chi connectivity index (χ1n) is 5.08. The van der Waals surface area contributed by atoms with Gasteiger partial charge < -0.3 is 5.32 Å². The Bertz CT molecular complexity index is 586. The number of carbonyl (C=O) groups is 1. The molecule has 0 atom stereocenters. The zero-order chi connectivity index (χ0) is 13.9. The molecule has 0 aliphatic rings. The molecule has 0 saturated carbocycles. The van der Waals surface area contributed by atoms with Gasteiger partial charge in [-0.25, -0.2) is 4.98 Å². The second-order valence-corrected chi connectivity index (χ2v) is 3.51. The van der Waals surface area contributed by atoms with E-state index in [4.69, 9.17) is 0 Å². The molecular formula is C11H7F3N4O. The fraction of sp³-hybridized carbons (Fsp3) is 0.0909. The van der Waals surface area contributed by atoms with Gasteiger partial charge in [-0.2, -0.15) is 23.4 Å². The molecule has 5 nitrogen and oxygen atoms in total. The van der Waals surface area contributed by atoms with Crippen LogP contribution in [0.2, 0.25) is 0 Å². The van der Waals surface area contributed by atoms with Crippen LogP contribution in [0, 0.1) is 0 Å². The Hall–Kier alpha value is -2.51. The number of aromatic nitrogens is 3. The first kappa shape index (κ1) is 12.9. The minimum Gasteiger partial charge on any atom is -0.307 e. The maximum atomic E-state index is 12.5. The summed E-state index contributed by atoms with van der Waals surface area (Å²) in [4.78, 5) is 15.3. The number of anilines is 1. The van der Waals surface area contributed by atoms with Gasteiger partial charge in [-0.1, -0.05) is 0 Å². The summed E-state index contributed by atoms with van der Waals surface area (Å²) in [5.74, 6) is -0.793. The Morgan fingerprint density at radius 1 is 1.16 bits per heavy atom. The summed E-state index contributed by atoms with van der Waals surface area (Å²) in [6.07, 6.45) is -1.01. The van der Waals surface area contributed by atoms with E-state index in [1.165, 1.54) is 18.5 Å². The zero-order valence-electron chi connectivity index (χ0n) is 9.35. The Morgan fingerprint density at radius 3 is 2.58 bits per heavy atom. The number of hydrogen-bond acceptors (Lipinski definition) is 4. The van der Waals surface area contributed by atoms with Gasteiger partial charge in [0.15, 0.2) is 0 Å². The van der Waals surface area contributed by atoms with Crippen LogP contribution in [0.25, 0.3) is 0 Å². The minimum atomic E-state index is -4.49. The number of amides is 1. The van der Waals surface area contributed by atoms with Crippen LogP contribution >= 0.6 is 0 Å². The largest absolute Gasteiger partial charge is 0.416 e. The quantitative estimate of drug-likeness (QED) is 0.906. The Labute approximate surface area is 105 Å². The van der Waals surface area contributed by atoms with Gasteiger partial charge in [-0.3, -0.25) is 4.79 Å². The number of pyridine rings is 1. The number of carbonyl (C=O) groups excluding carboxylic acids is 1. The molecule has 1 N–H and O–H groups in total. The molecule has 0 aliphatic heterocycles. The van der Waals surface area contributed by atoms with Crippen molar-refractivity contribution in [2.24, 2.45) is 0 Å². The molecule has 0 unspecified atom stereocenters. The molecular weight excluding hydrogens is 261 g/mol. The summed E-state index contributed by atoms with van der Waals surface area (Å²) in [6.45, 7) is 0. The highest BCUT2D eigenvalue weighted by Gasteiger charge is 2.30. The van der Waals surface area contributed by atoms with E-state index in [-0.39, 0.29) is 11.4 Å². The van der Waals surface area contributed by atoms with Crippen LogP contribution < -0.4 is 5.32 Å². The van der Waals surface area contributed by atoms with Crippen molar-refractivity contribution in [2.75, 3.05) is 5.32 Å². The first-order chi connectivity index (χ1) is 8.97. The fourth-order valence-electron chi connectivity index (χ4n) is 1.29. The van der Waals surface area contributed by atoms with Gasteiger partial charge in [-0.15, -0.1) is 0 Å². The second kappa shape index (κ2) is 5.01. The summed E-state index contributed by atoms with van der Waals surface area (Å²) in [5, 5.41) is 9.23. The Balaban J connectivity index is 2.18. The molecule has 2 aromatic heterocycles. The highest BCUT2D eigenvalue weighted by atomic mass is 19.4. The van der Waals surface area contributed by atoms with Crippen molar-refractivity contribution in [3.8, 4) is 0 Å². The SMILES string of the molecule is O=C(Nc1cc(C(F)(F)F)ccn1)c1ccnnc1. The smallest absolute Gasteiger partial charge is 0.307 e. The predicted molar refractivity (Wildman–Crippen MR) is 59.2 cm³/mol. The van der Waals surface area contributed by atoms with Crippen molar-refractivity contribution in [1.29, 1.82) is 0 Å². The molecule has 0 aromatic carbocycles. The van der Waals surface area contributed by atoms with Gasteiger partial charge in [0, 0.05) is 6.20 Å². The van der Waals surface area contributed by atoms with Gasteiger partial charge >= 0.3 is 6.18 Å². The first-order valence-corrected chi connectivity index (χ1v) is 5.08. The third-order valence-corrected chi connectivity index (χ3v) is 2.18. The lowest BCUT2D eigenvalue weighted by Gasteiger charge is -2.08. The van der Waals surface area contributed by atoms with Gasteiger partial charge in [-0.05, 0) is 18.2 Å². The van der Waals surface area contributed by atoms with Crippen LogP contribution in [0.3, 0.4) is 0 Å². The minimum absolute atomic E-state index is 0.175. The summed E-state index contributed by atoms with van der Waals surface area (Å²) < 4.78 is 37.4. The number of nitrogens with zero attached hydrogens (tertiary/aromatic N) is 3. The third-order valence-electron chi connectivity index (χ3n) is 2.18. The van der Waals surface area contributed by atoms with E-state index in [1.54, 1.807) is 0 Å². The molecule has 8 heteroatoms. The Kier molecular flexibility index (Phi) is 3.41. The van der Waals surface area contributed by atoms with Crippen molar-refractivity contribution < 1.29 is 18.0 Å². The summed E-state index contributed by atoms with van der Waals surface area (Å²) in [5.41, 5.74) is -0.708. The molecule has 0 fully saturated rings. The molecule has 0 bridgehead atoms. The third kappa shape index (κ3) is 3.24. The van der Waals surface area contributed by atoms with E-state index >= 15 is 0 Å². The van der Waals surface area contributed by atoms with Crippen LogP contribution in [0.5, 0.6) is 0 Å². The van der Waals surface area contributed by atoms with Gasteiger partial charge in [0.25, 0.3) is 5.91 Å². The van der Waals surface area contributed by atoms with Crippen molar-refractivity contribution >= 4 is 11.7 Å². The van der Waals surface area contributed by atoms with Crippen molar-refractivity contribution in [2.45, 2.75) is 6.18 Å². The van der Waals surface area contributed by atoms with Crippen molar-refractivity contribution in [1.82, 2.24) is 15.2 Å². The van der Waals surface area contributed by atoms with Gasteiger partial charge in [0.1, 0.15) is 5.82 Å². The lowest BCUT2D eigenvalue weighted by molar-refractivity contribution is -0.137. The van der Waals surface area contributed by atoms with Crippen molar-refractivity contribution in [3.05, 3.63) is 47.9 Å². The van der Waals surface area contributed by atoms with E-state index in [0.717, 1.165) is 18.3 Å².